The zero-order valence-electron chi connectivity index (χ0n) is 11.7. The van der Waals surface area contributed by atoms with Crippen LogP contribution in [0.2, 0.25) is 0 Å². The van der Waals surface area contributed by atoms with Gasteiger partial charge in [-0.3, -0.25) is 14.4 Å². The van der Waals surface area contributed by atoms with Crippen LogP contribution < -0.4 is 5.32 Å². The Bertz CT molecular complexity index is 360. The van der Waals surface area contributed by atoms with Crippen LogP contribution in [0.1, 0.15) is 33.6 Å². The maximum absolute atomic E-state index is 11.8. The first-order valence-corrected chi connectivity index (χ1v) is 6.65. The molecule has 1 saturated heterocycles. The number of aliphatic carboxylic acids is 1. The highest BCUT2D eigenvalue weighted by molar-refractivity contribution is 5.96. The number of nitrogens with one attached hydrogen (secondary N) is 1. The van der Waals surface area contributed by atoms with Crippen LogP contribution in [0.5, 0.6) is 0 Å². The molecule has 0 aromatic carbocycles. The van der Waals surface area contributed by atoms with E-state index in [0.717, 1.165) is 0 Å². The summed E-state index contributed by atoms with van der Waals surface area (Å²) in [5, 5.41) is 11.7. The van der Waals surface area contributed by atoms with Crippen molar-refractivity contribution < 1.29 is 19.5 Å². The van der Waals surface area contributed by atoms with Crippen LogP contribution in [-0.2, 0) is 14.4 Å². The van der Waals surface area contributed by atoms with Crippen LogP contribution in [-0.4, -0.2) is 46.9 Å². The van der Waals surface area contributed by atoms with Gasteiger partial charge in [0.1, 0.15) is 5.92 Å². The van der Waals surface area contributed by atoms with Crippen molar-refractivity contribution in [2.75, 3.05) is 13.1 Å². The van der Waals surface area contributed by atoms with Gasteiger partial charge in [-0.2, -0.15) is 0 Å². The van der Waals surface area contributed by atoms with Gasteiger partial charge in [-0.15, -0.1) is 0 Å². The molecule has 2 amide bonds. The molecule has 19 heavy (non-hydrogen) atoms. The van der Waals surface area contributed by atoms with Gasteiger partial charge < -0.3 is 15.3 Å². The number of piperidine rings is 1. The Balaban J connectivity index is 2.43. The number of hydrogen-bond donors (Lipinski definition) is 2. The van der Waals surface area contributed by atoms with E-state index in [2.05, 4.69) is 5.32 Å². The maximum Gasteiger partial charge on any atom is 0.315 e. The van der Waals surface area contributed by atoms with Gasteiger partial charge in [-0.25, -0.2) is 0 Å². The smallest absolute Gasteiger partial charge is 0.315 e. The van der Waals surface area contributed by atoms with E-state index in [1.807, 2.05) is 13.8 Å². The quantitative estimate of drug-likeness (QED) is 0.727. The Hall–Kier alpha value is -1.59. The van der Waals surface area contributed by atoms with Crippen molar-refractivity contribution in [3.8, 4) is 0 Å². The number of carboxylic acid groups (broad SMARTS) is 1. The number of carboxylic acids is 1. The zero-order valence-corrected chi connectivity index (χ0v) is 11.7. The fraction of sp³-hybridized carbons (Fsp3) is 0.769. The molecule has 0 saturated carbocycles. The molecule has 6 heteroatoms. The third kappa shape index (κ3) is 4.22. The number of rotatable bonds is 4. The fourth-order valence-electron chi connectivity index (χ4n) is 1.99. The Morgan fingerprint density at radius 2 is 1.68 bits per heavy atom. The monoisotopic (exact) mass is 270 g/mol. The molecule has 6 nitrogen and oxygen atoms in total. The lowest BCUT2D eigenvalue weighted by Crippen LogP contribution is -2.49. The second kappa shape index (κ2) is 6.54. The molecular weight excluding hydrogens is 248 g/mol. The Labute approximate surface area is 113 Å². The predicted molar refractivity (Wildman–Crippen MR) is 69.4 cm³/mol. The molecule has 1 aliphatic heterocycles. The van der Waals surface area contributed by atoms with E-state index in [9.17, 15) is 14.4 Å². The lowest BCUT2D eigenvalue weighted by atomic mass is 10.0. The molecule has 1 atom stereocenters. The fourth-order valence-corrected chi connectivity index (χ4v) is 1.99. The van der Waals surface area contributed by atoms with Crippen LogP contribution in [0, 0.1) is 11.8 Å². The van der Waals surface area contributed by atoms with Gasteiger partial charge in [-0.05, 0) is 19.8 Å². The van der Waals surface area contributed by atoms with Crippen LogP contribution in [0.4, 0.5) is 0 Å². The minimum atomic E-state index is -1.10. The van der Waals surface area contributed by atoms with Crippen molar-refractivity contribution in [1.29, 1.82) is 0 Å². The summed E-state index contributed by atoms with van der Waals surface area (Å²) in [7, 11) is 0. The molecule has 1 aliphatic rings. The summed E-state index contributed by atoms with van der Waals surface area (Å²) < 4.78 is 0. The average molecular weight is 270 g/mol. The predicted octanol–water partition coefficient (Wildman–Crippen LogP) is 0.470. The summed E-state index contributed by atoms with van der Waals surface area (Å²) in [5.74, 6) is -2.47. The van der Waals surface area contributed by atoms with Gasteiger partial charge in [0.15, 0.2) is 0 Å². The summed E-state index contributed by atoms with van der Waals surface area (Å²) in [6.07, 6.45) is 1.35. The number of carbonyl (C=O) groups excluding carboxylic acids is 2. The van der Waals surface area contributed by atoms with Crippen LogP contribution in [0.15, 0.2) is 0 Å². The molecule has 0 radical (unpaired) electrons. The molecule has 0 aromatic rings. The number of likely N-dealkylation sites (tertiary alicyclic amines) is 1. The Kier molecular flexibility index (Phi) is 5.32. The van der Waals surface area contributed by atoms with E-state index in [4.69, 9.17) is 5.11 Å². The standard InChI is InChI=1S/C13H22N2O4/c1-8(2)11(16)14-10-4-6-15(7-5-10)12(17)9(3)13(18)19/h8-10H,4-7H2,1-3H3,(H,14,16)(H,18,19). The van der Waals surface area contributed by atoms with Gasteiger partial charge >= 0.3 is 5.97 Å². The lowest BCUT2D eigenvalue weighted by molar-refractivity contribution is -0.150. The molecule has 0 spiro atoms. The van der Waals surface area contributed by atoms with E-state index in [-0.39, 0.29) is 23.8 Å². The molecule has 1 heterocycles. The molecule has 1 rings (SSSR count). The van der Waals surface area contributed by atoms with Crippen molar-refractivity contribution in [2.24, 2.45) is 11.8 Å². The highest BCUT2D eigenvalue weighted by atomic mass is 16.4. The minimum Gasteiger partial charge on any atom is -0.481 e. The van der Waals surface area contributed by atoms with Crippen molar-refractivity contribution in [3.63, 3.8) is 0 Å². The van der Waals surface area contributed by atoms with Crippen molar-refractivity contribution in [1.82, 2.24) is 10.2 Å². The minimum absolute atomic E-state index is 0.0173. The summed E-state index contributed by atoms with van der Waals surface area (Å²) >= 11 is 0. The first-order chi connectivity index (χ1) is 8.82. The number of nitrogens with zero attached hydrogens (tertiary/aromatic N) is 1. The van der Waals surface area contributed by atoms with Gasteiger partial charge in [0.2, 0.25) is 11.8 Å². The number of carbonyl (C=O) groups is 3. The van der Waals surface area contributed by atoms with E-state index in [1.165, 1.54) is 6.92 Å². The molecule has 1 unspecified atom stereocenters. The number of amides is 2. The Morgan fingerprint density at radius 3 is 2.11 bits per heavy atom. The van der Waals surface area contributed by atoms with Gasteiger partial charge in [0.05, 0.1) is 0 Å². The van der Waals surface area contributed by atoms with Crippen molar-refractivity contribution >= 4 is 17.8 Å². The van der Waals surface area contributed by atoms with Crippen LogP contribution >= 0.6 is 0 Å². The Morgan fingerprint density at radius 1 is 1.16 bits per heavy atom. The first-order valence-electron chi connectivity index (χ1n) is 6.65. The van der Waals surface area contributed by atoms with E-state index < -0.39 is 11.9 Å². The molecule has 108 valence electrons. The maximum atomic E-state index is 11.8. The molecule has 0 bridgehead atoms. The van der Waals surface area contributed by atoms with E-state index in [0.29, 0.717) is 25.9 Å². The van der Waals surface area contributed by atoms with E-state index >= 15 is 0 Å². The van der Waals surface area contributed by atoms with Gasteiger partial charge in [0, 0.05) is 25.0 Å². The van der Waals surface area contributed by atoms with Crippen molar-refractivity contribution in [3.05, 3.63) is 0 Å². The summed E-state index contributed by atoms with van der Waals surface area (Å²) in [4.78, 5) is 35.7. The lowest BCUT2D eigenvalue weighted by Gasteiger charge is -2.33. The number of hydrogen-bond acceptors (Lipinski definition) is 3. The second-order valence-corrected chi connectivity index (χ2v) is 5.32. The third-order valence-electron chi connectivity index (χ3n) is 3.42. The highest BCUT2D eigenvalue weighted by Gasteiger charge is 2.29. The van der Waals surface area contributed by atoms with Gasteiger partial charge in [0.25, 0.3) is 0 Å². The summed E-state index contributed by atoms with van der Waals surface area (Å²) in [5.41, 5.74) is 0. The molecule has 1 fully saturated rings. The van der Waals surface area contributed by atoms with Crippen LogP contribution in [0.3, 0.4) is 0 Å². The summed E-state index contributed by atoms with van der Waals surface area (Å²) in [6, 6.07) is 0.0825. The molecule has 0 aliphatic carbocycles. The second-order valence-electron chi connectivity index (χ2n) is 5.32. The van der Waals surface area contributed by atoms with Crippen molar-refractivity contribution in [2.45, 2.75) is 39.7 Å². The van der Waals surface area contributed by atoms with Gasteiger partial charge in [-0.1, -0.05) is 13.8 Å². The molecule has 0 aromatic heterocycles. The van der Waals surface area contributed by atoms with E-state index in [1.54, 1.807) is 4.90 Å². The first kappa shape index (κ1) is 15.5. The summed E-state index contributed by atoms with van der Waals surface area (Å²) in [6.45, 7) is 6.07. The molecular formula is C13H22N2O4. The highest BCUT2D eigenvalue weighted by Crippen LogP contribution is 2.14. The SMILES string of the molecule is CC(C)C(=O)NC1CCN(C(=O)C(C)C(=O)O)CC1. The average Bonchev–Trinajstić information content (AvgIpc) is 2.37. The topological polar surface area (TPSA) is 86.7 Å². The van der Waals surface area contributed by atoms with Crippen LogP contribution in [0.25, 0.3) is 0 Å². The zero-order chi connectivity index (χ0) is 14.6. The normalized spacial score (nSPS) is 18.2. The molecule has 2 N–H and O–H groups in total. The third-order valence-corrected chi connectivity index (χ3v) is 3.42. The largest absolute Gasteiger partial charge is 0.481 e.